The number of hydrogen-bond donors (Lipinski definition) is 1. The van der Waals surface area contributed by atoms with Crippen LogP contribution in [0.25, 0.3) is 5.57 Å². The van der Waals surface area contributed by atoms with Crippen LogP contribution in [0.15, 0.2) is 70.1 Å². The van der Waals surface area contributed by atoms with Crippen molar-refractivity contribution < 1.29 is 19.0 Å². The average molecular weight is 505 g/mol. The highest BCUT2D eigenvalue weighted by atomic mass is 32.1. The number of anilines is 1. The van der Waals surface area contributed by atoms with Crippen molar-refractivity contribution in [3.8, 4) is 11.6 Å². The molecule has 0 radical (unpaired) electrons. The second-order valence-corrected chi connectivity index (χ2v) is 9.89. The number of thiazole rings is 1. The molecule has 0 saturated carbocycles. The van der Waals surface area contributed by atoms with E-state index in [9.17, 15) is 14.3 Å². The fourth-order valence-electron chi connectivity index (χ4n) is 4.23. The van der Waals surface area contributed by atoms with E-state index in [1.165, 1.54) is 18.2 Å². The third-order valence-electron chi connectivity index (χ3n) is 5.90. The number of benzene rings is 2. The van der Waals surface area contributed by atoms with Gasteiger partial charge in [0.05, 0.1) is 34.7 Å². The van der Waals surface area contributed by atoms with Gasteiger partial charge in [0.1, 0.15) is 16.4 Å². The standard InChI is InChI=1S/C25H17FN4O3S2/c1-33-15-7-4-13(5-8-15)19-12-18(20-3-2-10-34-20)29-30(19)25-28-24(32)22(35-25)21-16-11-14(26)6-9-17(16)27-23(21)31/h2-11,19,32H,12H2,1H3. The lowest BCUT2D eigenvalue weighted by Gasteiger charge is -2.21. The Balaban J connectivity index is 1.46. The van der Waals surface area contributed by atoms with Gasteiger partial charge < -0.3 is 9.84 Å². The number of methoxy groups -OCH3 is 1. The lowest BCUT2D eigenvalue weighted by Crippen LogP contribution is -2.23. The van der Waals surface area contributed by atoms with Crippen LogP contribution in [-0.4, -0.2) is 28.8 Å². The molecule has 174 valence electrons. The molecule has 2 aromatic heterocycles. The molecule has 10 heteroatoms. The van der Waals surface area contributed by atoms with Gasteiger partial charge in [-0.2, -0.15) is 10.1 Å². The summed E-state index contributed by atoms with van der Waals surface area (Å²) in [5.74, 6) is -0.585. The number of aromatic nitrogens is 1. The van der Waals surface area contributed by atoms with E-state index in [-0.39, 0.29) is 22.4 Å². The number of rotatable bonds is 5. The minimum absolute atomic E-state index is 0.142. The number of nitrogens with zero attached hydrogens (tertiary/aromatic N) is 4. The molecule has 4 heterocycles. The van der Waals surface area contributed by atoms with Crippen molar-refractivity contribution in [2.75, 3.05) is 12.1 Å². The number of ether oxygens (including phenoxy) is 1. The molecule has 4 aromatic rings. The zero-order valence-electron chi connectivity index (χ0n) is 18.3. The van der Waals surface area contributed by atoms with E-state index in [1.54, 1.807) is 23.5 Å². The highest BCUT2D eigenvalue weighted by Crippen LogP contribution is 2.43. The molecule has 1 unspecified atom stereocenters. The molecule has 2 aromatic carbocycles. The van der Waals surface area contributed by atoms with Gasteiger partial charge in [0.15, 0.2) is 0 Å². The van der Waals surface area contributed by atoms with E-state index in [2.05, 4.69) is 9.98 Å². The number of thiophene rings is 1. The monoisotopic (exact) mass is 504 g/mol. The van der Waals surface area contributed by atoms with Gasteiger partial charge in [-0.15, -0.1) is 11.3 Å². The van der Waals surface area contributed by atoms with E-state index < -0.39 is 11.7 Å². The molecule has 1 atom stereocenters. The summed E-state index contributed by atoms with van der Waals surface area (Å²) >= 11 is 2.73. The maximum absolute atomic E-state index is 13.9. The number of aromatic hydroxyl groups is 1. The summed E-state index contributed by atoms with van der Waals surface area (Å²) in [4.78, 5) is 22.3. The fraction of sp³-hybridized carbons (Fsp3) is 0.120. The summed E-state index contributed by atoms with van der Waals surface area (Å²) < 4.78 is 19.2. The molecule has 2 aliphatic rings. The highest BCUT2D eigenvalue weighted by Gasteiger charge is 2.34. The van der Waals surface area contributed by atoms with Crippen LogP contribution in [0.4, 0.5) is 9.52 Å². The van der Waals surface area contributed by atoms with Gasteiger partial charge in [0, 0.05) is 11.6 Å². The summed E-state index contributed by atoms with van der Waals surface area (Å²) in [5, 5.41) is 20.5. The molecule has 0 fully saturated rings. The Morgan fingerprint density at radius 1 is 1.17 bits per heavy atom. The normalized spacial score (nSPS) is 16.9. The number of halogens is 1. The Morgan fingerprint density at radius 3 is 2.74 bits per heavy atom. The smallest absolute Gasteiger partial charge is 0.279 e. The number of amides is 1. The Bertz CT molecular complexity index is 1610. The molecular weight excluding hydrogens is 487 g/mol. The van der Waals surface area contributed by atoms with E-state index in [4.69, 9.17) is 9.84 Å². The Hall–Kier alpha value is -3.89. The summed E-state index contributed by atoms with van der Waals surface area (Å²) in [6, 6.07) is 15.5. The van der Waals surface area contributed by atoms with Crippen LogP contribution in [0.5, 0.6) is 11.6 Å². The van der Waals surface area contributed by atoms with Gasteiger partial charge in [-0.3, -0.25) is 4.79 Å². The first kappa shape index (κ1) is 21.6. The van der Waals surface area contributed by atoms with Crippen LogP contribution in [-0.2, 0) is 4.79 Å². The van der Waals surface area contributed by atoms with Crippen molar-refractivity contribution in [1.29, 1.82) is 0 Å². The van der Waals surface area contributed by atoms with Crippen LogP contribution < -0.4 is 20.3 Å². The molecule has 0 bridgehead atoms. The van der Waals surface area contributed by atoms with Gasteiger partial charge in [0.25, 0.3) is 5.91 Å². The van der Waals surface area contributed by atoms with Crippen LogP contribution >= 0.6 is 22.7 Å². The minimum Gasteiger partial charge on any atom is -0.497 e. The molecule has 0 aliphatic carbocycles. The maximum atomic E-state index is 13.9. The predicted octanol–water partition coefficient (Wildman–Crippen LogP) is 3.77. The average Bonchev–Trinajstić information content (AvgIpc) is 3.64. The Kier molecular flexibility index (Phi) is 5.19. The van der Waals surface area contributed by atoms with Crippen molar-refractivity contribution in [2.24, 2.45) is 10.1 Å². The molecule has 1 amide bonds. The third-order valence-corrected chi connectivity index (χ3v) is 7.87. The molecule has 0 spiro atoms. The Morgan fingerprint density at radius 2 is 2.00 bits per heavy atom. The molecule has 0 saturated heterocycles. The topological polar surface area (TPSA) is 87.4 Å². The number of carbonyl (C=O) groups excluding carboxylic acids is 1. The van der Waals surface area contributed by atoms with Crippen molar-refractivity contribution in [3.63, 3.8) is 0 Å². The molecule has 6 rings (SSSR count). The zero-order chi connectivity index (χ0) is 24.1. The van der Waals surface area contributed by atoms with Crippen molar-refractivity contribution in [3.05, 3.63) is 91.7 Å². The summed E-state index contributed by atoms with van der Waals surface area (Å²) in [5.41, 5.74) is 2.05. The van der Waals surface area contributed by atoms with Crippen molar-refractivity contribution >= 4 is 45.0 Å². The van der Waals surface area contributed by atoms with Crippen LogP contribution in [0.1, 0.15) is 27.8 Å². The first-order valence-electron chi connectivity index (χ1n) is 10.7. The first-order valence-corrected chi connectivity index (χ1v) is 12.4. The SMILES string of the molecule is COc1ccc(C2CC(c3cccs3)=NN2c2nc(O)c(C3=c4cc(F)ccc4=NC3=O)s2)cc1. The first-order chi connectivity index (χ1) is 17.0. The Labute approximate surface area is 206 Å². The van der Waals surface area contributed by atoms with Gasteiger partial charge in [-0.05, 0) is 47.3 Å². The van der Waals surface area contributed by atoms with E-state index in [0.717, 1.165) is 33.2 Å². The highest BCUT2D eigenvalue weighted by molar-refractivity contribution is 7.17. The minimum atomic E-state index is -0.535. The van der Waals surface area contributed by atoms with E-state index in [0.29, 0.717) is 22.1 Å². The molecule has 2 aliphatic heterocycles. The lowest BCUT2D eigenvalue weighted by atomic mass is 10.0. The molecule has 35 heavy (non-hydrogen) atoms. The molecule has 7 nitrogen and oxygen atoms in total. The van der Waals surface area contributed by atoms with Crippen molar-refractivity contribution in [1.82, 2.24) is 4.98 Å². The van der Waals surface area contributed by atoms with Gasteiger partial charge in [-0.1, -0.05) is 29.5 Å². The number of carbonyl (C=O) groups is 1. The third kappa shape index (κ3) is 3.71. The van der Waals surface area contributed by atoms with E-state index >= 15 is 0 Å². The number of hydrogen-bond acceptors (Lipinski definition) is 8. The second-order valence-electron chi connectivity index (χ2n) is 7.96. The lowest BCUT2D eigenvalue weighted by molar-refractivity contribution is -0.112. The quantitative estimate of drug-likeness (QED) is 0.447. The van der Waals surface area contributed by atoms with E-state index in [1.807, 2.05) is 41.8 Å². The van der Waals surface area contributed by atoms with Crippen LogP contribution in [0.3, 0.4) is 0 Å². The van der Waals surface area contributed by atoms with Gasteiger partial charge >= 0.3 is 0 Å². The van der Waals surface area contributed by atoms with Crippen molar-refractivity contribution in [2.45, 2.75) is 12.5 Å². The number of fused-ring (bicyclic) bond motifs is 1. The molecule has 1 N–H and O–H groups in total. The summed E-state index contributed by atoms with van der Waals surface area (Å²) in [6.07, 6.45) is 0.640. The maximum Gasteiger partial charge on any atom is 0.279 e. The fourth-order valence-corrected chi connectivity index (χ4v) is 5.97. The summed E-state index contributed by atoms with van der Waals surface area (Å²) in [6.45, 7) is 0. The van der Waals surface area contributed by atoms with Crippen LogP contribution in [0.2, 0.25) is 0 Å². The molecular formula is C25H17FN4O3S2. The predicted molar refractivity (Wildman–Crippen MR) is 132 cm³/mol. The second kappa shape index (κ2) is 8.40. The largest absolute Gasteiger partial charge is 0.497 e. The van der Waals surface area contributed by atoms with Gasteiger partial charge in [-0.25, -0.2) is 14.4 Å². The zero-order valence-corrected chi connectivity index (χ0v) is 19.9. The van der Waals surface area contributed by atoms with Gasteiger partial charge in [0.2, 0.25) is 11.0 Å². The summed E-state index contributed by atoms with van der Waals surface area (Å²) in [7, 11) is 1.62. The number of hydrazone groups is 1. The van der Waals surface area contributed by atoms with Crippen LogP contribution in [0, 0.1) is 5.82 Å².